The molecule has 3 aromatic heterocycles. The lowest BCUT2D eigenvalue weighted by molar-refractivity contribution is 1.18. The van der Waals surface area contributed by atoms with E-state index >= 15 is 0 Å². The van der Waals surface area contributed by atoms with Gasteiger partial charge in [-0.15, -0.1) is 11.3 Å². The third-order valence-electron chi connectivity index (χ3n) is 10.9. The zero-order chi connectivity index (χ0) is 37.7. The molecule has 0 aliphatic rings. The third kappa shape index (κ3) is 5.86. The van der Waals surface area contributed by atoms with Crippen LogP contribution in [-0.2, 0) is 0 Å². The van der Waals surface area contributed by atoms with Crippen molar-refractivity contribution in [1.82, 2.24) is 15.0 Å². The van der Waals surface area contributed by atoms with Gasteiger partial charge in [-0.2, -0.15) is 0 Å². The summed E-state index contributed by atoms with van der Waals surface area (Å²) < 4.78 is 2.60. The molecule has 0 spiro atoms. The molecule has 4 heteroatoms. The zero-order valence-electron chi connectivity index (χ0n) is 30.8. The number of para-hydroxylation sites is 1. The second kappa shape index (κ2) is 13.8. The van der Waals surface area contributed by atoms with Gasteiger partial charge in [0.15, 0.2) is 5.82 Å². The van der Waals surface area contributed by atoms with Crippen molar-refractivity contribution in [3.05, 3.63) is 200 Å². The summed E-state index contributed by atoms with van der Waals surface area (Å²) in [6.07, 6.45) is 0. The Labute approximate surface area is 334 Å². The van der Waals surface area contributed by atoms with Crippen LogP contribution in [-0.4, -0.2) is 15.0 Å². The van der Waals surface area contributed by atoms with Crippen LogP contribution in [0.25, 0.3) is 109 Å². The van der Waals surface area contributed by atoms with Gasteiger partial charge >= 0.3 is 0 Å². The Kier molecular flexibility index (Phi) is 8.01. The fourth-order valence-electron chi connectivity index (χ4n) is 8.12. The first-order valence-corrected chi connectivity index (χ1v) is 20.0. The molecular weight excluding hydrogens is 711 g/mol. The monoisotopic (exact) mass is 743 g/mol. The Bertz CT molecular complexity index is 3190. The van der Waals surface area contributed by atoms with Crippen molar-refractivity contribution >= 4 is 53.2 Å². The molecule has 0 saturated carbocycles. The molecule has 0 bridgehead atoms. The molecule has 0 N–H and O–H groups in total. The quantitative estimate of drug-likeness (QED) is 0.159. The van der Waals surface area contributed by atoms with Crippen molar-refractivity contribution < 1.29 is 0 Å². The lowest BCUT2D eigenvalue weighted by atomic mass is 9.93. The lowest BCUT2D eigenvalue weighted by Gasteiger charge is -2.15. The Morgan fingerprint density at radius 3 is 1.54 bits per heavy atom. The molecule has 8 aromatic carbocycles. The van der Waals surface area contributed by atoms with Gasteiger partial charge in [0.1, 0.15) is 0 Å². The average Bonchev–Trinajstić information content (AvgIpc) is 3.68. The largest absolute Gasteiger partial charge is 0.246 e. The molecule has 11 aromatic rings. The molecule has 11 rings (SSSR count). The minimum Gasteiger partial charge on any atom is -0.246 e. The van der Waals surface area contributed by atoms with Crippen molar-refractivity contribution in [2.75, 3.05) is 0 Å². The fourth-order valence-corrected chi connectivity index (χ4v) is 9.24. The number of hydrogen-bond acceptors (Lipinski definition) is 4. The number of hydrogen-bond donors (Lipinski definition) is 0. The van der Waals surface area contributed by atoms with E-state index in [9.17, 15) is 0 Å². The predicted molar refractivity (Wildman–Crippen MR) is 240 cm³/mol. The van der Waals surface area contributed by atoms with E-state index in [4.69, 9.17) is 15.0 Å². The number of nitrogens with zero attached hydrogens (tertiary/aromatic N) is 3. The number of thiophene rings is 1. The fraction of sp³-hybridized carbons (Fsp3) is 0. The zero-order valence-corrected chi connectivity index (χ0v) is 31.6. The second-order valence-corrected chi connectivity index (χ2v) is 15.4. The molecule has 57 heavy (non-hydrogen) atoms. The first-order chi connectivity index (χ1) is 28.2. The number of pyridine rings is 1. The first-order valence-electron chi connectivity index (χ1n) is 19.2. The third-order valence-corrected chi connectivity index (χ3v) is 12.0. The van der Waals surface area contributed by atoms with Gasteiger partial charge < -0.3 is 0 Å². The van der Waals surface area contributed by atoms with Crippen LogP contribution in [0.1, 0.15) is 0 Å². The lowest BCUT2D eigenvalue weighted by Crippen LogP contribution is -1.95. The molecule has 0 unspecified atom stereocenters. The van der Waals surface area contributed by atoms with Crippen molar-refractivity contribution in [2.24, 2.45) is 0 Å². The smallest absolute Gasteiger partial charge is 0.160 e. The normalized spacial score (nSPS) is 11.5. The molecule has 266 valence electrons. The molecule has 0 aliphatic heterocycles. The highest BCUT2D eigenvalue weighted by molar-refractivity contribution is 7.26. The van der Waals surface area contributed by atoms with Gasteiger partial charge in [0, 0.05) is 64.1 Å². The molecule has 0 fully saturated rings. The summed E-state index contributed by atoms with van der Waals surface area (Å²) in [7, 11) is 0. The van der Waals surface area contributed by atoms with E-state index in [-0.39, 0.29) is 0 Å². The van der Waals surface area contributed by atoms with Crippen LogP contribution in [0.15, 0.2) is 200 Å². The SMILES string of the molecule is c1ccc(-c2cc(-c3ccc(-c4ccc(-c5cccc6c5nc(-c5ccccc5)c5ccc7sc8ccccc8c7c56)cc4)cc3)nc(-c3ccccc3)n2)cc1. The second-order valence-electron chi connectivity index (χ2n) is 14.3. The highest BCUT2D eigenvalue weighted by atomic mass is 32.1. The number of fused-ring (bicyclic) bond motifs is 7. The summed E-state index contributed by atoms with van der Waals surface area (Å²) in [5, 5.41) is 6.22. The molecule has 3 heterocycles. The van der Waals surface area contributed by atoms with Gasteiger partial charge in [0.2, 0.25) is 0 Å². The number of aromatic nitrogens is 3. The minimum atomic E-state index is 0.714. The van der Waals surface area contributed by atoms with E-state index in [1.165, 1.54) is 36.3 Å². The highest BCUT2D eigenvalue weighted by Gasteiger charge is 2.18. The van der Waals surface area contributed by atoms with Crippen molar-refractivity contribution in [1.29, 1.82) is 0 Å². The highest BCUT2D eigenvalue weighted by Crippen LogP contribution is 2.45. The van der Waals surface area contributed by atoms with E-state index in [0.29, 0.717) is 5.82 Å². The van der Waals surface area contributed by atoms with Gasteiger partial charge in [0.25, 0.3) is 0 Å². The van der Waals surface area contributed by atoms with Crippen molar-refractivity contribution in [2.45, 2.75) is 0 Å². The first kappa shape index (κ1) is 33.1. The van der Waals surface area contributed by atoms with Crippen LogP contribution in [0.3, 0.4) is 0 Å². The van der Waals surface area contributed by atoms with E-state index in [2.05, 4.69) is 164 Å². The topological polar surface area (TPSA) is 38.7 Å². The maximum absolute atomic E-state index is 5.48. The summed E-state index contributed by atoms with van der Waals surface area (Å²) in [5.74, 6) is 0.714. The minimum absolute atomic E-state index is 0.714. The average molecular weight is 744 g/mol. The molecule has 0 aliphatic carbocycles. The van der Waals surface area contributed by atoms with Crippen LogP contribution < -0.4 is 0 Å². The van der Waals surface area contributed by atoms with Gasteiger partial charge in [-0.05, 0) is 34.9 Å². The predicted octanol–water partition coefficient (Wildman–Crippen LogP) is 14.5. The molecular formula is C53H33N3S. The molecule has 0 saturated heterocycles. The molecule has 0 amide bonds. The number of benzene rings is 8. The van der Waals surface area contributed by atoms with Crippen LogP contribution in [0.5, 0.6) is 0 Å². The van der Waals surface area contributed by atoms with Gasteiger partial charge in [-0.1, -0.05) is 182 Å². The summed E-state index contributed by atoms with van der Waals surface area (Å²) in [5.41, 5.74) is 12.6. The molecule has 0 atom stereocenters. The van der Waals surface area contributed by atoms with Gasteiger partial charge in [-0.25, -0.2) is 15.0 Å². The standard InChI is InChI=1S/C53H33N3S/c1-4-13-37(14-5-1)45-33-46(55-53(54-45)40-17-8-3-9-18-40)38-29-25-35(26-30-38)34-23-27-36(28-24-34)41-20-12-21-43-49-44(51(56-52(41)43)39-15-6-2-7-16-39)31-32-48-50(49)42-19-10-11-22-47(42)57-48/h1-33H. The Morgan fingerprint density at radius 2 is 0.860 bits per heavy atom. The van der Waals surface area contributed by atoms with Gasteiger partial charge in [-0.3, -0.25) is 0 Å². The van der Waals surface area contributed by atoms with Gasteiger partial charge in [0.05, 0.1) is 22.6 Å². The van der Waals surface area contributed by atoms with Crippen molar-refractivity contribution in [3.63, 3.8) is 0 Å². The van der Waals surface area contributed by atoms with Crippen molar-refractivity contribution in [3.8, 4) is 67.4 Å². The summed E-state index contributed by atoms with van der Waals surface area (Å²) >= 11 is 1.86. The van der Waals surface area contributed by atoms with E-state index in [0.717, 1.165) is 67.1 Å². The Hall–Kier alpha value is -7.27. The van der Waals surface area contributed by atoms with Crippen LogP contribution in [0, 0.1) is 0 Å². The maximum Gasteiger partial charge on any atom is 0.160 e. The summed E-state index contributed by atoms with van der Waals surface area (Å²) in [4.78, 5) is 15.5. The summed E-state index contributed by atoms with van der Waals surface area (Å²) in [6.45, 7) is 0. The maximum atomic E-state index is 5.48. The van der Waals surface area contributed by atoms with Crippen LogP contribution in [0.2, 0.25) is 0 Å². The Balaban J connectivity index is 0.995. The Morgan fingerprint density at radius 1 is 0.316 bits per heavy atom. The van der Waals surface area contributed by atoms with E-state index in [1.54, 1.807) is 0 Å². The number of rotatable bonds is 6. The van der Waals surface area contributed by atoms with E-state index < -0.39 is 0 Å². The molecule has 3 nitrogen and oxygen atoms in total. The van der Waals surface area contributed by atoms with Crippen LogP contribution in [0.4, 0.5) is 0 Å². The molecule has 0 radical (unpaired) electrons. The summed E-state index contributed by atoms with van der Waals surface area (Å²) in [6, 6.07) is 70.7. The van der Waals surface area contributed by atoms with E-state index in [1.807, 2.05) is 47.7 Å². The van der Waals surface area contributed by atoms with Crippen LogP contribution >= 0.6 is 11.3 Å².